The number of ether oxygens (including phenoxy) is 1. The van der Waals surface area contributed by atoms with Gasteiger partial charge < -0.3 is 10.1 Å². The van der Waals surface area contributed by atoms with Crippen molar-refractivity contribution in [2.75, 3.05) is 11.9 Å². The molecule has 0 saturated carbocycles. The Morgan fingerprint density at radius 1 is 1.12 bits per heavy atom. The molecule has 3 aromatic rings. The molecule has 0 aliphatic rings. The number of hydrogen-bond acceptors (Lipinski definition) is 6. The summed E-state index contributed by atoms with van der Waals surface area (Å²) in [7, 11) is 0. The van der Waals surface area contributed by atoms with Crippen LogP contribution in [0, 0.1) is 17.0 Å². The van der Waals surface area contributed by atoms with Crippen LogP contribution in [0.25, 0.3) is 0 Å². The Kier molecular flexibility index (Phi) is 8.50. The fourth-order valence-electron chi connectivity index (χ4n) is 2.83. The van der Waals surface area contributed by atoms with Gasteiger partial charge in [-0.25, -0.2) is 5.43 Å². The lowest BCUT2D eigenvalue weighted by atomic mass is 10.2. The second-order valence-electron chi connectivity index (χ2n) is 6.96. The number of hydrazone groups is 1. The molecule has 0 spiro atoms. The largest absolute Gasteiger partial charge is 0.482 e. The molecular formula is C23H18Br2N4O5. The molecule has 0 heterocycles. The van der Waals surface area contributed by atoms with Crippen LogP contribution in [0.1, 0.15) is 21.5 Å². The van der Waals surface area contributed by atoms with Crippen LogP contribution in [0.15, 0.2) is 74.7 Å². The Morgan fingerprint density at radius 2 is 1.82 bits per heavy atom. The molecule has 3 rings (SSSR count). The van der Waals surface area contributed by atoms with E-state index in [0.29, 0.717) is 21.5 Å². The van der Waals surface area contributed by atoms with Crippen LogP contribution >= 0.6 is 31.9 Å². The van der Waals surface area contributed by atoms with Crippen molar-refractivity contribution in [1.29, 1.82) is 0 Å². The Balaban J connectivity index is 1.68. The van der Waals surface area contributed by atoms with Crippen molar-refractivity contribution in [3.8, 4) is 5.75 Å². The molecule has 0 aliphatic heterocycles. The van der Waals surface area contributed by atoms with Crippen LogP contribution in [0.3, 0.4) is 0 Å². The minimum atomic E-state index is -0.548. The number of nitrogens with one attached hydrogen (secondary N) is 2. The lowest BCUT2D eigenvalue weighted by molar-refractivity contribution is -0.384. The van der Waals surface area contributed by atoms with E-state index in [-0.39, 0.29) is 23.8 Å². The first kappa shape index (κ1) is 25.1. The Labute approximate surface area is 211 Å². The standard InChI is InChI=1S/C23H18Br2N4O5/c1-14-4-2-3-5-20(14)27-21(30)13-34-22-16(10-17(24)11-19(22)25)12-26-28-23(31)15-6-8-18(9-7-15)29(32)33/h2-12H,13H2,1H3,(H,27,30)(H,28,31)/b26-12+. The summed E-state index contributed by atoms with van der Waals surface area (Å²) >= 11 is 6.80. The molecule has 0 atom stereocenters. The number of nitro benzene ring substituents is 1. The average Bonchev–Trinajstić information content (AvgIpc) is 2.80. The monoisotopic (exact) mass is 588 g/mol. The van der Waals surface area contributed by atoms with Gasteiger partial charge in [0.15, 0.2) is 6.61 Å². The highest BCUT2D eigenvalue weighted by molar-refractivity contribution is 9.11. The number of carbonyl (C=O) groups is 2. The van der Waals surface area contributed by atoms with Gasteiger partial charge in [0.2, 0.25) is 0 Å². The third-order valence-corrected chi connectivity index (χ3v) is 5.56. The molecule has 11 heteroatoms. The first-order chi connectivity index (χ1) is 16.2. The normalized spacial score (nSPS) is 10.7. The van der Waals surface area contributed by atoms with Gasteiger partial charge in [-0.2, -0.15) is 5.10 Å². The van der Waals surface area contributed by atoms with Crippen molar-refractivity contribution < 1.29 is 19.2 Å². The SMILES string of the molecule is Cc1ccccc1NC(=O)COc1c(Br)cc(Br)cc1/C=N/NC(=O)c1ccc([N+](=O)[O-])cc1. The molecule has 3 aromatic carbocycles. The number of aryl methyl sites for hydroxylation is 1. The molecule has 2 N–H and O–H groups in total. The van der Waals surface area contributed by atoms with E-state index in [1.807, 2.05) is 25.1 Å². The molecule has 2 amide bonds. The van der Waals surface area contributed by atoms with Gasteiger partial charge in [0.05, 0.1) is 15.6 Å². The number of halogens is 2. The summed E-state index contributed by atoms with van der Waals surface area (Å²) in [6.07, 6.45) is 1.37. The van der Waals surface area contributed by atoms with E-state index in [4.69, 9.17) is 4.74 Å². The number of nitrogens with zero attached hydrogens (tertiary/aromatic N) is 2. The quantitative estimate of drug-likeness (QED) is 0.212. The molecule has 34 heavy (non-hydrogen) atoms. The van der Waals surface area contributed by atoms with E-state index >= 15 is 0 Å². The molecule has 174 valence electrons. The first-order valence-electron chi connectivity index (χ1n) is 9.80. The van der Waals surface area contributed by atoms with E-state index in [1.165, 1.54) is 30.5 Å². The smallest absolute Gasteiger partial charge is 0.271 e. The third kappa shape index (κ3) is 6.72. The number of anilines is 1. The van der Waals surface area contributed by atoms with E-state index in [1.54, 1.807) is 18.2 Å². The second-order valence-corrected chi connectivity index (χ2v) is 8.73. The van der Waals surface area contributed by atoms with Gasteiger partial charge in [-0.1, -0.05) is 34.1 Å². The van der Waals surface area contributed by atoms with Crippen LogP contribution < -0.4 is 15.5 Å². The van der Waals surface area contributed by atoms with E-state index in [9.17, 15) is 19.7 Å². The molecule has 0 aliphatic carbocycles. The predicted octanol–water partition coefficient (Wildman–Crippen LogP) is 5.21. The molecule has 0 fully saturated rings. The predicted molar refractivity (Wildman–Crippen MR) is 135 cm³/mol. The van der Waals surface area contributed by atoms with E-state index < -0.39 is 10.8 Å². The van der Waals surface area contributed by atoms with Crippen LogP contribution in [0.2, 0.25) is 0 Å². The van der Waals surface area contributed by atoms with Gasteiger partial charge in [-0.15, -0.1) is 0 Å². The zero-order valence-corrected chi connectivity index (χ0v) is 20.9. The highest BCUT2D eigenvalue weighted by Crippen LogP contribution is 2.32. The molecule has 0 bridgehead atoms. The highest BCUT2D eigenvalue weighted by Gasteiger charge is 2.13. The maximum absolute atomic E-state index is 12.4. The van der Waals surface area contributed by atoms with E-state index in [2.05, 4.69) is 47.7 Å². The molecular weight excluding hydrogens is 572 g/mol. The lowest BCUT2D eigenvalue weighted by Gasteiger charge is -2.13. The van der Waals surface area contributed by atoms with Gasteiger partial charge in [0.1, 0.15) is 5.75 Å². The average molecular weight is 590 g/mol. The zero-order valence-electron chi connectivity index (χ0n) is 17.7. The van der Waals surface area contributed by atoms with Crippen molar-refractivity contribution >= 4 is 61.3 Å². The van der Waals surface area contributed by atoms with Crippen molar-refractivity contribution in [2.45, 2.75) is 6.92 Å². The van der Waals surface area contributed by atoms with Crippen molar-refractivity contribution in [1.82, 2.24) is 5.43 Å². The number of carbonyl (C=O) groups excluding carboxylic acids is 2. The van der Waals surface area contributed by atoms with Gasteiger partial charge in [-0.3, -0.25) is 19.7 Å². The first-order valence-corrected chi connectivity index (χ1v) is 11.4. The highest BCUT2D eigenvalue weighted by atomic mass is 79.9. The number of para-hydroxylation sites is 1. The fraction of sp³-hybridized carbons (Fsp3) is 0.0870. The van der Waals surface area contributed by atoms with Crippen LogP contribution in [0.5, 0.6) is 5.75 Å². The van der Waals surface area contributed by atoms with E-state index in [0.717, 1.165) is 10.0 Å². The summed E-state index contributed by atoms with van der Waals surface area (Å²) in [6.45, 7) is 1.64. The number of nitro groups is 1. The number of benzene rings is 3. The molecule has 0 radical (unpaired) electrons. The molecule has 9 nitrogen and oxygen atoms in total. The lowest BCUT2D eigenvalue weighted by Crippen LogP contribution is -2.21. The summed E-state index contributed by atoms with van der Waals surface area (Å²) in [4.78, 5) is 34.8. The second kappa shape index (κ2) is 11.5. The number of amides is 2. The summed E-state index contributed by atoms with van der Waals surface area (Å²) in [6, 6.07) is 16.0. The van der Waals surface area contributed by atoms with Crippen LogP contribution in [0.4, 0.5) is 11.4 Å². The van der Waals surface area contributed by atoms with Gasteiger partial charge in [-0.05, 0) is 58.7 Å². The maximum atomic E-state index is 12.4. The minimum absolute atomic E-state index is 0.118. The fourth-order valence-corrected chi connectivity index (χ4v) is 4.20. The van der Waals surface area contributed by atoms with Gasteiger partial charge in [0.25, 0.3) is 17.5 Å². The number of hydrogen-bond donors (Lipinski definition) is 2. The van der Waals surface area contributed by atoms with Crippen molar-refractivity contribution in [3.05, 3.63) is 96.4 Å². The maximum Gasteiger partial charge on any atom is 0.271 e. The minimum Gasteiger partial charge on any atom is -0.482 e. The summed E-state index contributed by atoms with van der Waals surface area (Å²) in [5, 5.41) is 17.5. The third-order valence-electron chi connectivity index (χ3n) is 4.51. The topological polar surface area (TPSA) is 123 Å². The van der Waals surface area contributed by atoms with Crippen molar-refractivity contribution in [3.63, 3.8) is 0 Å². The van der Waals surface area contributed by atoms with Gasteiger partial charge >= 0.3 is 0 Å². The Morgan fingerprint density at radius 3 is 2.50 bits per heavy atom. The molecule has 0 unspecified atom stereocenters. The summed E-state index contributed by atoms with van der Waals surface area (Å²) < 4.78 is 7.03. The Bertz CT molecular complexity index is 1260. The van der Waals surface area contributed by atoms with Crippen LogP contribution in [-0.4, -0.2) is 29.6 Å². The van der Waals surface area contributed by atoms with Crippen molar-refractivity contribution in [2.24, 2.45) is 5.10 Å². The Hall–Kier alpha value is -3.57. The van der Waals surface area contributed by atoms with Gasteiger partial charge in [0, 0.05) is 33.4 Å². The molecule has 0 aromatic heterocycles. The summed E-state index contributed by atoms with van der Waals surface area (Å²) in [5.74, 6) is -0.518. The number of non-ortho nitro benzene ring substituents is 1. The summed E-state index contributed by atoms with van der Waals surface area (Å²) in [5.41, 5.74) is 4.57. The van der Waals surface area contributed by atoms with Crippen LogP contribution in [-0.2, 0) is 4.79 Å². The zero-order chi connectivity index (χ0) is 24.7. The molecule has 0 saturated heterocycles. The number of rotatable bonds is 8.